The van der Waals surface area contributed by atoms with Gasteiger partial charge in [-0.1, -0.05) is 98.4 Å². The Balaban J connectivity index is 0.000000912. The molecule has 0 fully saturated rings. The Morgan fingerprint density at radius 2 is 1.38 bits per heavy atom. The van der Waals surface area contributed by atoms with Gasteiger partial charge in [-0.3, -0.25) is 4.79 Å². The van der Waals surface area contributed by atoms with Crippen molar-refractivity contribution in [2.24, 2.45) is 23.2 Å². The fraction of sp³-hybridized carbons (Fsp3) is 0.639. The number of carbonyl (C=O) groups is 1. The number of phenols is 1. The minimum absolute atomic E-state index is 0. The highest BCUT2D eigenvalue weighted by Crippen LogP contribution is 2.45. The van der Waals surface area contributed by atoms with Crippen LogP contribution in [0.2, 0.25) is 0 Å². The minimum Gasteiger partial charge on any atom is -0.508 e. The molecule has 0 saturated heterocycles. The summed E-state index contributed by atoms with van der Waals surface area (Å²) in [5.41, 5.74) is 2.10. The Morgan fingerprint density at radius 1 is 0.850 bits per heavy atom. The second kappa shape index (κ2) is 17.5. The molecule has 2 aromatic carbocycles. The number of benzene rings is 2. The van der Waals surface area contributed by atoms with Gasteiger partial charge in [-0.15, -0.1) is 0 Å². The van der Waals surface area contributed by atoms with Crippen molar-refractivity contribution in [3.8, 4) is 5.75 Å². The Labute approximate surface area is 247 Å². The van der Waals surface area contributed by atoms with Crippen molar-refractivity contribution in [3.05, 3.63) is 65.7 Å². The fourth-order valence-corrected chi connectivity index (χ4v) is 5.22. The van der Waals surface area contributed by atoms with Gasteiger partial charge in [-0.25, -0.2) is 0 Å². The molecule has 0 radical (unpaired) electrons. The second-order valence-corrected chi connectivity index (χ2v) is 13.5. The van der Waals surface area contributed by atoms with E-state index in [9.17, 15) is 9.90 Å². The summed E-state index contributed by atoms with van der Waals surface area (Å²) in [4.78, 5) is 12.6. The maximum atomic E-state index is 12.6. The van der Waals surface area contributed by atoms with Crippen LogP contribution in [0.1, 0.15) is 125 Å². The molecule has 2 N–H and O–H groups in total. The predicted molar refractivity (Wildman–Crippen MR) is 173 cm³/mol. The van der Waals surface area contributed by atoms with E-state index in [0.717, 1.165) is 25.2 Å². The molecule has 0 bridgehead atoms. The van der Waals surface area contributed by atoms with E-state index in [4.69, 9.17) is 4.74 Å². The van der Waals surface area contributed by atoms with Crippen LogP contribution in [0, 0.1) is 23.2 Å². The molecule has 0 aromatic heterocycles. The van der Waals surface area contributed by atoms with E-state index < -0.39 is 5.60 Å². The summed E-state index contributed by atoms with van der Waals surface area (Å²) >= 11 is 0. The van der Waals surface area contributed by atoms with Crippen molar-refractivity contribution in [1.82, 2.24) is 5.32 Å². The van der Waals surface area contributed by atoms with Crippen LogP contribution in [0.25, 0.3) is 0 Å². The van der Waals surface area contributed by atoms with Crippen LogP contribution in [0.4, 0.5) is 0 Å². The molecule has 0 spiro atoms. The van der Waals surface area contributed by atoms with Crippen LogP contribution in [0.5, 0.6) is 5.75 Å². The topological polar surface area (TPSA) is 58.6 Å². The first-order chi connectivity index (χ1) is 18.1. The Hall–Kier alpha value is -2.33. The minimum atomic E-state index is -0.455. The van der Waals surface area contributed by atoms with Crippen molar-refractivity contribution in [2.45, 2.75) is 120 Å². The summed E-state index contributed by atoms with van der Waals surface area (Å²) in [6.45, 7) is 21.3. The van der Waals surface area contributed by atoms with Crippen molar-refractivity contribution in [3.63, 3.8) is 0 Å². The molecular weight excluding hydrogens is 494 g/mol. The number of nitrogens with one attached hydrogen (secondary N) is 1. The van der Waals surface area contributed by atoms with Gasteiger partial charge in [0, 0.05) is 6.04 Å². The average Bonchev–Trinajstić information content (AvgIpc) is 2.84. The Bertz CT molecular complexity index is 942. The summed E-state index contributed by atoms with van der Waals surface area (Å²) < 4.78 is 5.65. The highest BCUT2D eigenvalue weighted by molar-refractivity contribution is 5.72. The first kappa shape index (κ1) is 37.7. The number of esters is 1. The zero-order valence-electron chi connectivity index (χ0n) is 26.7. The van der Waals surface area contributed by atoms with E-state index in [1.54, 1.807) is 12.1 Å². The van der Waals surface area contributed by atoms with Crippen LogP contribution in [0.15, 0.2) is 54.6 Å². The van der Waals surface area contributed by atoms with Gasteiger partial charge in [0.15, 0.2) is 0 Å². The third-order valence-corrected chi connectivity index (χ3v) is 7.21. The van der Waals surface area contributed by atoms with Crippen LogP contribution < -0.4 is 5.32 Å². The predicted octanol–water partition coefficient (Wildman–Crippen LogP) is 9.94. The molecule has 3 atom stereocenters. The molecule has 4 nitrogen and oxygen atoms in total. The van der Waals surface area contributed by atoms with Crippen molar-refractivity contribution in [2.75, 3.05) is 7.05 Å². The number of ether oxygens (including phenoxy) is 1. The molecular formula is C36H61NO3. The standard InChI is InChI=1S/C23H38O3.C12H19N.CH4/c1-9-17(21(25)26-22(4,5)6)15-23(7,8)20(14-16(2)3)18-10-12-19(24)13-11-18;1-10(2)9-12(13-3)11-7-5-4-6-8-11;/h10-13,16-17,20,24H,9,14-15H2,1-8H3;4-8,10,12-13H,9H2,1-3H3;1H4. The number of rotatable bonds is 12. The molecule has 0 amide bonds. The SMILES string of the molecule is C.CCC(CC(C)(C)C(CC(C)C)c1ccc(O)cc1)C(=O)OC(C)(C)C.CNC(CC(C)C)c1ccccc1. The normalized spacial score (nSPS) is 14.0. The molecule has 228 valence electrons. The first-order valence-corrected chi connectivity index (χ1v) is 14.8. The van der Waals surface area contributed by atoms with Crippen molar-refractivity contribution < 1.29 is 14.6 Å². The molecule has 0 aliphatic carbocycles. The largest absolute Gasteiger partial charge is 0.508 e. The van der Waals surface area contributed by atoms with Gasteiger partial charge < -0.3 is 15.2 Å². The number of hydrogen-bond donors (Lipinski definition) is 2. The van der Waals surface area contributed by atoms with E-state index in [2.05, 4.69) is 84.1 Å². The third-order valence-electron chi connectivity index (χ3n) is 7.21. The fourth-order valence-electron chi connectivity index (χ4n) is 5.22. The van der Waals surface area contributed by atoms with Gasteiger partial charge in [-0.2, -0.15) is 0 Å². The van der Waals surface area contributed by atoms with Gasteiger partial charge in [0.1, 0.15) is 11.4 Å². The zero-order valence-corrected chi connectivity index (χ0v) is 26.7. The van der Waals surface area contributed by atoms with Crippen LogP contribution >= 0.6 is 0 Å². The molecule has 3 unspecified atom stereocenters. The number of phenolic OH excluding ortho intramolecular Hbond substituents is 1. The van der Waals surface area contributed by atoms with Gasteiger partial charge in [0.05, 0.1) is 5.92 Å². The van der Waals surface area contributed by atoms with Crippen molar-refractivity contribution in [1.29, 1.82) is 0 Å². The molecule has 2 rings (SSSR count). The molecule has 40 heavy (non-hydrogen) atoms. The lowest BCUT2D eigenvalue weighted by atomic mass is 9.67. The molecule has 2 aromatic rings. The van der Waals surface area contributed by atoms with Gasteiger partial charge in [-0.05, 0) is 99.9 Å². The zero-order chi connectivity index (χ0) is 29.8. The summed E-state index contributed by atoms with van der Waals surface area (Å²) in [7, 11) is 2.03. The van der Waals surface area contributed by atoms with Crippen LogP contribution in [0.3, 0.4) is 0 Å². The van der Waals surface area contributed by atoms with Gasteiger partial charge in [0.25, 0.3) is 0 Å². The maximum Gasteiger partial charge on any atom is 0.309 e. The lowest BCUT2D eigenvalue weighted by Gasteiger charge is -2.38. The molecule has 0 aliphatic heterocycles. The van der Waals surface area contributed by atoms with E-state index >= 15 is 0 Å². The molecule has 0 saturated carbocycles. The summed E-state index contributed by atoms with van der Waals surface area (Å²) in [6, 6.07) is 18.7. The van der Waals surface area contributed by atoms with Crippen molar-refractivity contribution >= 4 is 5.97 Å². The molecule has 4 heteroatoms. The average molecular weight is 556 g/mol. The van der Waals surface area contributed by atoms with E-state index in [1.165, 1.54) is 17.5 Å². The second-order valence-electron chi connectivity index (χ2n) is 13.5. The quantitative estimate of drug-likeness (QED) is 0.256. The Kier molecular flexibility index (Phi) is 16.5. The van der Waals surface area contributed by atoms with Gasteiger partial charge in [0.2, 0.25) is 0 Å². The first-order valence-electron chi connectivity index (χ1n) is 14.8. The molecule has 0 aliphatic rings. The summed E-state index contributed by atoms with van der Waals surface area (Å²) in [6.07, 6.45) is 3.81. The van der Waals surface area contributed by atoms with Crippen LogP contribution in [-0.4, -0.2) is 23.7 Å². The van der Waals surface area contributed by atoms with E-state index in [0.29, 0.717) is 17.9 Å². The number of carbonyl (C=O) groups excluding carboxylic acids is 1. The van der Waals surface area contributed by atoms with E-state index in [1.807, 2.05) is 40.0 Å². The maximum absolute atomic E-state index is 12.6. The third kappa shape index (κ3) is 13.8. The molecule has 0 heterocycles. The lowest BCUT2D eigenvalue weighted by Crippen LogP contribution is -2.33. The lowest BCUT2D eigenvalue weighted by molar-refractivity contribution is -0.161. The number of hydrogen-bond acceptors (Lipinski definition) is 4. The smallest absolute Gasteiger partial charge is 0.309 e. The van der Waals surface area contributed by atoms with Gasteiger partial charge >= 0.3 is 5.97 Å². The monoisotopic (exact) mass is 555 g/mol. The van der Waals surface area contributed by atoms with Crippen LogP contribution in [-0.2, 0) is 9.53 Å². The summed E-state index contributed by atoms with van der Waals surface area (Å²) in [5.74, 6) is 1.69. The highest BCUT2D eigenvalue weighted by atomic mass is 16.6. The Morgan fingerprint density at radius 3 is 1.80 bits per heavy atom. The summed E-state index contributed by atoms with van der Waals surface area (Å²) in [5, 5.41) is 13.0. The number of aromatic hydroxyl groups is 1. The van der Waals surface area contributed by atoms with E-state index in [-0.39, 0.29) is 30.5 Å². The highest BCUT2D eigenvalue weighted by Gasteiger charge is 2.36.